The molecule has 0 unspecified atom stereocenters. The van der Waals surface area contributed by atoms with Crippen molar-refractivity contribution in [1.82, 2.24) is 25.2 Å². The van der Waals surface area contributed by atoms with E-state index in [1.54, 1.807) is 9.58 Å². The van der Waals surface area contributed by atoms with Crippen LogP contribution in [-0.4, -0.2) is 44.3 Å². The summed E-state index contributed by atoms with van der Waals surface area (Å²) < 4.78 is 1.63. The molecular weight excluding hydrogens is 414 g/mol. The number of hydrogen-bond donors (Lipinski definition) is 1. The topological polar surface area (TPSA) is 80.1 Å². The molecule has 4 rings (SSSR count). The molecule has 1 N–H and O–H groups in total. The van der Waals surface area contributed by atoms with Crippen LogP contribution in [0.25, 0.3) is 11.0 Å². The number of nitrogens with one attached hydrogen (secondary N) is 1. The Balaban J connectivity index is 1.66. The number of aromatic nitrogens is 3. The third kappa shape index (κ3) is 5.24. The summed E-state index contributed by atoms with van der Waals surface area (Å²) in [6.45, 7) is 4.65. The van der Waals surface area contributed by atoms with E-state index in [-0.39, 0.29) is 24.4 Å². The highest BCUT2D eigenvalue weighted by Gasteiger charge is 2.33. The first-order chi connectivity index (χ1) is 16.1. The van der Waals surface area contributed by atoms with Crippen LogP contribution in [0.1, 0.15) is 62.6 Å². The number of aryl methyl sites for hydroxylation is 1. The summed E-state index contributed by atoms with van der Waals surface area (Å²) in [7, 11) is 0. The minimum atomic E-state index is -0.666. The molecule has 0 aliphatic heterocycles. The van der Waals surface area contributed by atoms with Gasteiger partial charge in [-0.05, 0) is 49.4 Å². The second-order valence-electron chi connectivity index (χ2n) is 8.93. The van der Waals surface area contributed by atoms with Crippen molar-refractivity contribution in [3.05, 3.63) is 59.7 Å². The Kier molecular flexibility index (Phi) is 7.37. The zero-order valence-corrected chi connectivity index (χ0v) is 19.5. The SMILES string of the molecule is CCCCN(C(=O)Cn1nnc2ccccc21)[C@H](C(=O)NC1CCCC1)c1ccccc1C. The zero-order valence-electron chi connectivity index (χ0n) is 19.5. The monoisotopic (exact) mass is 447 g/mol. The summed E-state index contributed by atoms with van der Waals surface area (Å²) in [5.41, 5.74) is 3.44. The van der Waals surface area contributed by atoms with Gasteiger partial charge in [-0.3, -0.25) is 9.59 Å². The fourth-order valence-corrected chi connectivity index (χ4v) is 4.67. The summed E-state index contributed by atoms with van der Waals surface area (Å²) in [4.78, 5) is 29.1. The van der Waals surface area contributed by atoms with Gasteiger partial charge in [0.2, 0.25) is 11.8 Å². The highest BCUT2D eigenvalue weighted by Crippen LogP contribution is 2.27. The predicted octanol–water partition coefficient (Wildman–Crippen LogP) is 4.17. The van der Waals surface area contributed by atoms with Crippen LogP contribution in [0, 0.1) is 6.92 Å². The third-order valence-corrected chi connectivity index (χ3v) is 6.52. The number of benzene rings is 2. The molecule has 174 valence electrons. The fraction of sp³-hybridized carbons (Fsp3) is 0.462. The quantitative estimate of drug-likeness (QED) is 0.534. The maximum atomic E-state index is 13.7. The van der Waals surface area contributed by atoms with E-state index >= 15 is 0 Å². The van der Waals surface area contributed by atoms with Crippen molar-refractivity contribution in [3.8, 4) is 0 Å². The number of para-hydroxylation sites is 1. The van der Waals surface area contributed by atoms with Crippen LogP contribution in [0.2, 0.25) is 0 Å². The van der Waals surface area contributed by atoms with Gasteiger partial charge in [0, 0.05) is 12.6 Å². The molecule has 1 aromatic heterocycles. The lowest BCUT2D eigenvalue weighted by Crippen LogP contribution is -2.47. The predicted molar refractivity (Wildman–Crippen MR) is 128 cm³/mol. The molecule has 33 heavy (non-hydrogen) atoms. The number of carbonyl (C=O) groups excluding carboxylic acids is 2. The van der Waals surface area contributed by atoms with Crippen LogP contribution in [0.5, 0.6) is 0 Å². The molecule has 1 heterocycles. The highest BCUT2D eigenvalue weighted by molar-refractivity contribution is 5.89. The van der Waals surface area contributed by atoms with E-state index in [2.05, 4.69) is 22.6 Å². The van der Waals surface area contributed by atoms with Gasteiger partial charge in [-0.1, -0.05) is 67.8 Å². The summed E-state index contributed by atoms with van der Waals surface area (Å²) >= 11 is 0. The number of amides is 2. The number of fused-ring (bicyclic) bond motifs is 1. The van der Waals surface area contributed by atoms with Crippen LogP contribution in [-0.2, 0) is 16.1 Å². The van der Waals surface area contributed by atoms with Crippen molar-refractivity contribution in [2.75, 3.05) is 6.54 Å². The van der Waals surface area contributed by atoms with Crippen molar-refractivity contribution in [2.45, 2.75) is 71.0 Å². The number of carbonyl (C=O) groups is 2. The largest absolute Gasteiger partial charge is 0.351 e. The number of unbranched alkanes of at least 4 members (excludes halogenated alkanes) is 1. The summed E-state index contributed by atoms with van der Waals surface area (Å²) in [5.74, 6) is -0.224. The van der Waals surface area contributed by atoms with Gasteiger partial charge in [0.15, 0.2) is 0 Å². The maximum Gasteiger partial charge on any atom is 0.247 e. The van der Waals surface area contributed by atoms with Crippen LogP contribution in [0.3, 0.4) is 0 Å². The van der Waals surface area contributed by atoms with E-state index in [1.807, 2.05) is 55.5 Å². The molecule has 1 saturated carbocycles. The van der Waals surface area contributed by atoms with Gasteiger partial charge in [-0.25, -0.2) is 4.68 Å². The smallest absolute Gasteiger partial charge is 0.247 e. The zero-order chi connectivity index (χ0) is 23.2. The van der Waals surface area contributed by atoms with Gasteiger partial charge in [-0.2, -0.15) is 0 Å². The Morgan fingerprint density at radius 1 is 1.12 bits per heavy atom. The van der Waals surface area contributed by atoms with Crippen molar-refractivity contribution < 1.29 is 9.59 Å². The number of nitrogens with zero attached hydrogens (tertiary/aromatic N) is 4. The lowest BCUT2D eigenvalue weighted by Gasteiger charge is -2.33. The van der Waals surface area contributed by atoms with Crippen LogP contribution in [0.4, 0.5) is 0 Å². The van der Waals surface area contributed by atoms with Crippen molar-refractivity contribution >= 4 is 22.8 Å². The van der Waals surface area contributed by atoms with E-state index < -0.39 is 6.04 Å². The molecule has 2 amide bonds. The lowest BCUT2D eigenvalue weighted by atomic mass is 9.98. The minimum absolute atomic E-state index is 0.0450. The van der Waals surface area contributed by atoms with Gasteiger partial charge < -0.3 is 10.2 Å². The average Bonchev–Trinajstić information content (AvgIpc) is 3.47. The molecule has 0 saturated heterocycles. The maximum absolute atomic E-state index is 13.7. The summed E-state index contributed by atoms with van der Waals surface area (Å²) in [6.07, 6.45) is 6.03. The minimum Gasteiger partial charge on any atom is -0.351 e. The first kappa shape index (κ1) is 23.0. The fourth-order valence-electron chi connectivity index (χ4n) is 4.67. The van der Waals surface area contributed by atoms with Gasteiger partial charge in [0.25, 0.3) is 0 Å². The van der Waals surface area contributed by atoms with Crippen molar-refractivity contribution in [2.24, 2.45) is 0 Å². The first-order valence-electron chi connectivity index (χ1n) is 12.0. The van der Waals surface area contributed by atoms with Gasteiger partial charge >= 0.3 is 0 Å². The summed E-state index contributed by atoms with van der Waals surface area (Å²) in [5, 5.41) is 11.6. The second kappa shape index (κ2) is 10.6. The van der Waals surface area contributed by atoms with E-state index in [0.717, 1.165) is 60.7 Å². The Hall–Kier alpha value is -3.22. The van der Waals surface area contributed by atoms with Crippen LogP contribution < -0.4 is 5.32 Å². The molecule has 0 bridgehead atoms. The van der Waals surface area contributed by atoms with Crippen LogP contribution >= 0.6 is 0 Å². The Morgan fingerprint density at radius 3 is 2.61 bits per heavy atom. The molecule has 7 heteroatoms. The van der Waals surface area contributed by atoms with E-state index in [1.165, 1.54) is 0 Å². The van der Waals surface area contributed by atoms with Gasteiger partial charge in [0.1, 0.15) is 18.1 Å². The molecule has 3 aromatic rings. The van der Waals surface area contributed by atoms with E-state index in [0.29, 0.717) is 6.54 Å². The number of hydrogen-bond acceptors (Lipinski definition) is 4. The molecule has 0 spiro atoms. The Bertz CT molecular complexity index is 1100. The lowest BCUT2D eigenvalue weighted by molar-refractivity contribution is -0.141. The molecule has 1 atom stereocenters. The van der Waals surface area contributed by atoms with Crippen molar-refractivity contribution in [3.63, 3.8) is 0 Å². The first-order valence-corrected chi connectivity index (χ1v) is 12.0. The Morgan fingerprint density at radius 2 is 1.85 bits per heavy atom. The molecule has 1 aliphatic rings. The Labute approximate surface area is 195 Å². The third-order valence-electron chi connectivity index (χ3n) is 6.52. The molecule has 0 radical (unpaired) electrons. The molecule has 1 aliphatic carbocycles. The summed E-state index contributed by atoms with van der Waals surface area (Å²) in [6, 6.07) is 15.0. The van der Waals surface area contributed by atoms with Gasteiger partial charge in [-0.15, -0.1) is 5.10 Å². The standard InChI is InChI=1S/C26H33N5O2/c1-3-4-17-30(24(32)18-31-23-16-10-9-15-22(23)28-29-31)25(21-14-8-5-11-19(21)2)26(33)27-20-12-6-7-13-20/h5,8-11,14-16,20,25H,3-4,6-7,12-13,17-18H2,1-2H3,(H,27,33)/t25-/m0/s1. The molecule has 2 aromatic carbocycles. The normalized spacial score (nSPS) is 15.0. The molecule has 7 nitrogen and oxygen atoms in total. The van der Waals surface area contributed by atoms with E-state index in [4.69, 9.17) is 0 Å². The highest BCUT2D eigenvalue weighted by atomic mass is 16.2. The van der Waals surface area contributed by atoms with Gasteiger partial charge in [0.05, 0.1) is 5.52 Å². The molecular formula is C26H33N5O2. The molecule has 1 fully saturated rings. The number of rotatable bonds is 9. The van der Waals surface area contributed by atoms with Crippen LogP contribution in [0.15, 0.2) is 48.5 Å². The van der Waals surface area contributed by atoms with E-state index in [9.17, 15) is 9.59 Å². The second-order valence-corrected chi connectivity index (χ2v) is 8.93. The van der Waals surface area contributed by atoms with Crippen molar-refractivity contribution in [1.29, 1.82) is 0 Å². The average molecular weight is 448 g/mol.